The summed E-state index contributed by atoms with van der Waals surface area (Å²) in [6.45, 7) is 5.22. The predicted octanol–water partition coefficient (Wildman–Crippen LogP) is 2.64. The smallest absolute Gasteiger partial charge is 0.344 e. The molecule has 1 N–H and O–H groups in total. The molecule has 144 valence electrons. The van der Waals surface area contributed by atoms with Gasteiger partial charge in [-0.1, -0.05) is 17.7 Å². The molecule has 0 aliphatic heterocycles. The second kappa shape index (κ2) is 9.18. The van der Waals surface area contributed by atoms with Gasteiger partial charge >= 0.3 is 5.97 Å². The number of carbonyl (C=O) groups is 1. The van der Waals surface area contributed by atoms with Crippen molar-refractivity contribution >= 4 is 22.2 Å². The standard InChI is InChI=1S/C19H22N2O5S/c1-14(2)26-19(22)13-25-17-8-6-16(7-9-17)12-20-21-27(23,24)18-10-4-15(3)5-11-18/h4-12,14,21H,13H2,1-3H3/b20-12-. The summed E-state index contributed by atoms with van der Waals surface area (Å²) in [5, 5.41) is 3.77. The molecule has 2 aromatic carbocycles. The third-order valence-electron chi connectivity index (χ3n) is 3.32. The number of rotatable bonds is 8. The maximum absolute atomic E-state index is 12.1. The van der Waals surface area contributed by atoms with Crippen LogP contribution >= 0.6 is 0 Å². The summed E-state index contributed by atoms with van der Waals surface area (Å²) in [4.78, 5) is 13.7. The van der Waals surface area contributed by atoms with E-state index in [9.17, 15) is 13.2 Å². The fourth-order valence-electron chi connectivity index (χ4n) is 2.03. The summed E-state index contributed by atoms with van der Waals surface area (Å²) in [5.74, 6) is 0.0502. The highest BCUT2D eigenvalue weighted by Gasteiger charge is 2.11. The van der Waals surface area contributed by atoms with Crippen LogP contribution in [0.3, 0.4) is 0 Å². The summed E-state index contributed by atoms with van der Waals surface area (Å²) < 4.78 is 34.5. The van der Waals surface area contributed by atoms with Crippen molar-refractivity contribution in [2.24, 2.45) is 5.10 Å². The zero-order valence-electron chi connectivity index (χ0n) is 15.4. The first-order valence-electron chi connectivity index (χ1n) is 8.30. The van der Waals surface area contributed by atoms with Crippen LogP contribution in [0.25, 0.3) is 0 Å². The van der Waals surface area contributed by atoms with Gasteiger partial charge in [0.25, 0.3) is 10.0 Å². The number of esters is 1. The average Bonchev–Trinajstić information content (AvgIpc) is 2.61. The lowest BCUT2D eigenvalue weighted by molar-refractivity contribution is -0.149. The van der Waals surface area contributed by atoms with E-state index in [-0.39, 0.29) is 17.6 Å². The van der Waals surface area contributed by atoms with Crippen molar-refractivity contribution < 1.29 is 22.7 Å². The largest absolute Gasteiger partial charge is 0.482 e. The molecule has 0 unspecified atom stereocenters. The molecule has 0 atom stereocenters. The number of aryl methyl sites for hydroxylation is 1. The highest BCUT2D eigenvalue weighted by atomic mass is 32.2. The van der Waals surface area contributed by atoms with Gasteiger partial charge < -0.3 is 9.47 Å². The highest BCUT2D eigenvalue weighted by Crippen LogP contribution is 2.12. The lowest BCUT2D eigenvalue weighted by Crippen LogP contribution is -2.18. The first-order valence-corrected chi connectivity index (χ1v) is 9.78. The van der Waals surface area contributed by atoms with Crippen LogP contribution in [0.5, 0.6) is 5.75 Å². The number of benzene rings is 2. The molecule has 0 aliphatic carbocycles. The molecule has 0 amide bonds. The number of carbonyl (C=O) groups excluding carboxylic acids is 1. The SMILES string of the molecule is Cc1ccc(S(=O)(=O)N/N=C\c2ccc(OCC(=O)OC(C)C)cc2)cc1. The Balaban J connectivity index is 1.90. The first-order chi connectivity index (χ1) is 12.8. The minimum Gasteiger partial charge on any atom is -0.482 e. The Morgan fingerprint density at radius 3 is 2.33 bits per heavy atom. The number of ether oxygens (including phenoxy) is 2. The van der Waals surface area contributed by atoms with Crippen LogP contribution in [-0.4, -0.2) is 33.3 Å². The van der Waals surface area contributed by atoms with Crippen LogP contribution in [0.1, 0.15) is 25.0 Å². The van der Waals surface area contributed by atoms with Crippen molar-refractivity contribution in [3.05, 3.63) is 59.7 Å². The van der Waals surface area contributed by atoms with Crippen molar-refractivity contribution in [2.75, 3.05) is 6.61 Å². The lowest BCUT2D eigenvalue weighted by atomic mass is 10.2. The Bertz CT molecular complexity index is 889. The van der Waals surface area contributed by atoms with Crippen LogP contribution in [0.4, 0.5) is 0 Å². The first kappa shape index (κ1) is 20.4. The van der Waals surface area contributed by atoms with Crippen LogP contribution in [0, 0.1) is 6.92 Å². The van der Waals surface area contributed by atoms with Gasteiger partial charge in [-0.2, -0.15) is 13.5 Å². The Kier molecular flexibility index (Phi) is 6.95. The Morgan fingerprint density at radius 2 is 1.74 bits per heavy atom. The number of hydrazone groups is 1. The van der Waals surface area contributed by atoms with Crippen molar-refractivity contribution in [1.29, 1.82) is 0 Å². The molecule has 2 rings (SSSR count). The summed E-state index contributed by atoms with van der Waals surface area (Å²) in [6, 6.07) is 13.1. The van der Waals surface area contributed by atoms with Gasteiger partial charge in [0.05, 0.1) is 17.2 Å². The summed E-state index contributed by atoms with van der Waals surface area (Å²) in [6.07, 6.45) is 1.19. The number of sulfonamides is 1. The van der Waals surface area contributed by atoms with Gasteiger partial charge in [-0.15, -0.1) is 0 Å². The van der Waals surface area contributed by atoms with Crippen LogP contribution in [0.15, 0.2) is 58.5 Å². The zero-order valence-corrected chi connectivity index (χ0v) is 16.2. The molecule has 0 saturated carbocycles. The molecule has 0 aromatic heterocycles. The summed E-state index contributed by atoms with van der Waals surface area (Å²) >= 11 is 0. The van der Waals surface area contributed by atoms with Gasteiger partial charge in [-0.05, 0) is 62.7 Å². The van der Waals surface area contributed by atoms with Crippen LogP contribution in [0.2, 0.25) is 0 Å². The van der Waals surface area contributed by atoms with Gasteiger partial charge in [0, 0.05) is 0 Å². The Morgan fingerprint density at radius 1 is 1.11 bits per heavy atom. The Labute approximate surface area is 159 Å². The molecule has 2 aromatic rings. The van der Waals surface area contributed by atoms with Crippen LogP contribution in [-0.2, 0) is 19.6 Å². The number of hydrogen-bond acceptors (Lipinski definition) is 6. The van der Waals surface area contributed by atoms with E-state index in [2.05, 4.69) is 9.93 Å². The van der Waals surface area contributed by atoms with Gasteiger partial charge in [0.2, 0.25) is 0 Å². The average molecular weight is 390 g/mol. The monoisotopic (exact) mass is 390 g/mol. The van der Waals surface area contributed by atoms with Crippen molar-refractivity contribution in [3.8, 4) is 5.75 Å². The normalized spacial score (nSPS) is 11.6. The fraction of sp³-hybridized carbons (Fsp3) is 0.263. The van der Waals surface area contributed by atoms with Gasteiger partial charge in [0.15, 0.2) is 6.61 Å². The van der Waals surface area contributed by atoms with Gasteiger partial charge in [-0.25, -0.2) is 9.63 Å². The lowest BCUT2D eigenvalue weighted by Gasteiger charge is -2.09. The molecule has 0 heterocycles. The third kappa shape index (κ3) is 6.74. The van der Waals surface area contributed by atoms with Gasteiger partial charge in [0.1, 0.15) is 5.75 Å². The topological polar surface area (TPSA) is 94.1 Å². The maximum atomic E-state index is 12.1. The molecule has 0 bridgehead atoms. The van der Waals surface area contributed by atoms with E-state index in [1.165, 1.54) is 18.3 Å². The van der Waals surface area contributed by atoms with E-state index in [1.807, 2.05) is 6.92 Å². The molecule has 7 nitrogen and oxygen atoms in total. The quantitative estimate of drug-likeness (QED) is 0.425. The fourth-order valence-corrected chi connectivity index (χ4v) is 2.82. The van der Waals surface area contributed by atoms with E-state index in [1.54, 1.807) is 50.2 Å². The molecule has 27 heavy (non-hydrogen) atoms. The molecule has 8 heteroatoms. The second-order valence-corrected chi connectivity index (χ2v) is 7.72. The van der Waals surface area contributed by atoms with E-state index in [4.69, 9.17) is 9.47 Å². The van der Waals surface area contributed by atoms with E-state index in [0.717, 1.165) is 5.56 Å². The Hall–Kier alpha value is -2.87. The van der Waals surface area contributed by atoms with Crippen molar-refractivity contribution in [1.82, 2.24) is 4.83 Å². The number of nitrogens with one attached hydrogen (secondary N) is 1. The zero-order chi connectivity index (χ0) is 19.9. The minimum atomic E-state index is -3.71. The molecular formula is C19H22N2O5S. The predicted molar refractivity (Wildman–Crippen MR) is 102 cm³/mol. The van der Waals surface area contributed by atoms with Crippen molar-refractivity contribution in [3.63, 3.8) is 0 Å². The van der Waals surface area contributed by atoms with E-state index >= 15 is 0 Å². The molecule has 0 fully saturated rings. The highest BCUT2D eigenvalue weighted by molar-refractivity contribution is 7.89. The minimum absolute atomic E-state index is 0.141. The van der Waals surface area contributed by atoms with Gasteiger partial charge in [-0.3, -0.25) is 0 Å². The summed E-state index contributed by atoms with van der Waals surface area (Å²) in [5.41, 5.74) is 1.64. The molecule has 0 aliphatic rings. The van der Waals surface area contributed by atoms with Crippen molar-refractivity contribution in [2.45, 2.75) is 31.8 Å². The second-order valence-electron chi connectivity index (χ2n) is 6.06. The number of hydrogen-bond donors (Lipinski definition) is 1. The molecular weight excluding hydrogens is 368 g/mol. The van der Waals surface area contributed by atoms with E-state index < -0.39 is 16.0 Å². The third-order valence-corrected chi connectivity index (χ3v) is 4.56. The summed E-state index contributed by atoms with van der Waals surface area (Å²) in [7, 11) is -3.71. The molecule has 0 radical (unpaired) electrons. The number of nitrogens with zero attached hydrogens (tertiary/aromatic N) is 1. The molecule has 0 spiro atoms. The maximum Gasteiger partial charge on any atom is 0.344 e. The van der Waals surface area contributed by atoms with E-state index in [0.29, 0.717) is 11.3 Å². The molecule has 0 saturated heterocycles. The van der Waals surface area contributed by atoms with Crippen LogP contribution < -0.4 is 9.57 Å².